The van der Waals surface area contributed by atoms with E-state index in [1.807, 2.05) is 0 Å². The summed E-state index contributed by atoms with van der Waals surface area (Å²) in [4.78, 5) is 2.21. The van der Waals surface area contributed by atoms with Crippen LogP contribution in [-0.2, 0) is 0 Å². The fourth-order valence-corrected chi connectivity index (χ4v) is 2.42. The van der Waals surface area contributed by atoms with Gasteiger partial charge < -0.3 is 5.11 Å². The topological polar surface area (TPSA) is 23.5 Å². The summed E-state index contributed by atoms with van der Waals surface area (Å²) in [5.74, 6) is 0. The molecule has 0 unspecified atom stereocenters. The minimum absolute atomic E-state index is 0.486. The van der Waals surface area contributed by atoms with Gasteiger partial charge in [-0.25, -0.2) is 0 Å². The first-order valence-corrected chi connectivity index (χ1v) is 5.70. The third-order valence-corrected chi connectivity index (χ3v) is 3.26. The van der Waals surface area contributed by atoms with Crippen molar-refractivity contribution >= 4 is 0 Å². The van der Waals surface area contributed by atoms with Gasteiger partial charge in [0.25, 0.3) is 0 Å². The predicted molar refractivity (Wildman–Crippen MR) is 55.6 cm³/mol. The number of rotatable bonds is 3. The smallest absolute Gasteiger partial charge is 0.118 e. The molecule has 0 amide bonds. The van der Waals surface area contributed by atoms with Crippen LogP contribution in [0, 0.1) is 0 Å². The Kier molecular flexibility index (Phi) is 4.20. The zero-order chi connectivity index (χ0) is 9.73. The summed E-state index contributed by atoms with van der Waals surface area (Å²) in [7, 11) is 0. The molecule has 0 aliphatic heterocycles. The summed E-state index contributed by atoms with van der Waals surface area (Å²) >= 11 is 0. The average Bonchev–Trinajstić information content (AvgIpc) is 2.33. The molecule has 0 spiro atoms. The van der Waals surface area contributed by atoms with Crippen molar-refractivity contribution < 1.29 is 5.11 Å². The van der Waals surface area contributed by atoms with Crippen LogP contribution in [0.2, 0.25) is 0 Å². The van der Waals surface area contributed by atoms with Gasteiger partial charge in [-0.2, -0.15) is 0 Å². The van der Waals surface area contributed by atoms with Gasteiger partial charge in [-0.1, -0.05) is 26.7 Å². The lowest BCUT2D eigenvalue weighted by Gasteiger charge is -2.38. The van der Waals surface area contributed by atoms with Gasteiger partial charge in [0.15, 0.2) is 0 Å². The molecule has 0 bridgehead atoms. The lowest BCUT2D eigenvalue weighted by atomic mass is 10.0. The van der Waals surface area contributed by atoms with E-state index >= 15 is 0 Å². The first-order chi connectivity index (χ1) is 6.23. The first kappa shape index (κ1) is 11.0. The average molecular weight is 185 g/mol. The van der Waals surface area contributed by atoms with Gasteiger partial charge >= 0.3 is 0 Å². The van der Waals surface area contributed by atoms with E-state index in [2.05, 4.69) is 18.7 Å². The highest BCUT2D eigenvalue weighted by molar-refractivity contribution is 4.80. The van der Waals surface area contributed by atoms with E-state index in [1.165, 1.54) is 25.7 Å². The molecule has 0 atom stereocenters. The molecular formula is C11H23NO. The number of aliphatic hydroxyl groups is 1. The number of hydrogen-bond acceptors (Lipinski definition) is 2. The molecule has 78 valence electrons. The summed E-state index contributed by atoms with van der Waals surface area (Å²) in [6.07, 6.45) is 6.90. The highest BCUT2D eigenvalue weighted by Gasteiger charge is 2.32. The highest BCUT2D eigenvalue weighted by atomic mass is 16.3. The third-order valence-electron chi connectivity index (χ3n) is 3.26. The normalized spacial score (nSPS) is 23.1. The molecule has 1 N–H and O–H groups in total. The first-order valence-electron chi connectivity index (χ1n) is 5.70. The Hall–Kier alpha value is -0.0800. The Bertz CT molecular complexity index is 135. The SMILES string of the molecule is CCN(CC)C1(O)CCCCCC1. The van der Waals surface area contributed by atoms with E-state index in [0.717, 1.165) is 25.9 Å². The molecule has 0 saturated heterocycles. The van der Waals surface area contributed by atoms with Crippen LogP contribution in [0.25, 0.3) is 0 Å². The molecule has 1 aliphatic carbocycles. The van der Waals surface area contributed by atoms with Crippen LogP contribution in [-0.4, -0.2) is 28.8 Å². The van der Waals surface area contributed by atoms with Gasteiger partial charge in [-0.3, -0.25) is 4.90 Å². The minimum atomic E-state index is -0.486. The second-order valence-electron chi connectivity index (χ2n) is 4.07. The second-order valence-corrected chi connectivity index (χ2v) is 4.07. The van der Waals surface area contributed by atoms with Gasteiger partial charge in [0.05, 0.1) is 0 Å². The van der Waals surface area contributed by atoms with Crippen LogP contribution in [0.1, 0.15) is 52.4 Å². The molecule has 2 nitrogen and oxygen atoms in total. The third kappa shape index (κ3) is 2.68. The number of nitrogens with zero attached hydrogens (tertiary/aromatic N) is 1. The molecule has 13 heavy (non-hydrogen) atoms. The van der Waals surface area contributed by atoms with Crippen LogP contribution >= 0.6 is 0 Å². The lowest BCUT2D eigenvalue weighted by molar-refractivity contribution is -0.114. The van der Waals surface area contributed by atoms with Crippen molar-refractivity contribution in [3.05, 3.63) is 0 Å². The molecule has 0 radical (unpaired) electrons. The maximum absolute atomic E-state index is 10.4. The van der Waals surface area contributed by atoms with Gasteiger partial charge in [0, 0.05) is 0 Å². The molecule has 1 fully saturated rings. The van der Waals surface area contributed by atoms with E-state index in [-0.39, 0.29) is 0 Å². The summed E-state index contributed by atoms with van der Waals surface area (Å²) in [6.45, 7) is 6.19. The van der Waals surface area contributed by atoms with Crippen LogP contribution in [0.4, 0.5) is 0 Å². The number of hydrogen-bond donors (Lipinski definition) is 1. The Morgan fingerprint density at radius 2 is 1.46 bits per heavy atom. The van der Waals surface area contributed by atoms with Crippen LogP contribution in [0.15, 0.2) is 0 Å². The van der Waals surface area contributed by atoms with Gasteiger partial charge in [0.1, 0.15) is 5.72 Å². The maximum atomic E-state index is 10.4. The summed E-state index contributed by atoms with van der Waals surface area (Å²) in [6, 6.07) is 0. The standard InChI is InChI=1S/C11H23NO/c1-3-12(4-2)11(13)9-7-5-6-8-10-11/h13H,3-10H2,1-2H3. The molecule has 1 rings (SSSR count). The summed E-state index contributed by atoms with van der Waals surface area (Å²) in [5, 5.41) is 10.4. The van der Waals surface area contributed by atoms with E-state index in [9.17, 15) is 5.11 Å². The zero-order valence-corrected chi connectivity index (χ0v) is 9.05. The van der Waals surface area contributed by atoms with Crippen molar-refractivity contribution in [1.82, 2.24) is 4.90 Å². The van der Waals surface area contributed by atoms with Crippen LogP contribution in [0.5, 0.6) is 0 Å². The van der Waals surface area contributed by atoms with E-state index < -0.39 is 5.72 Å². The van der Waals surface area contributed by atoms with Gasteiger partial charge in [-0.05, 0) is 38.8 Å². The monoisotopic (exact) mass is 185 g/mol. The largest absolute Gasteiger partial charge is 0.376 e. The Morgan fingerprint density at radius 1 is 1.00 bits per heavy atom. The second kappa shape index (κ2) is 4.97. The quantitative estimate of drug-likeness (QED) is 0.539. The van der Waals surface area contributed by atoms with Crippen molar-refractivity contribution in [2.45, 2.75) is 58.1 Å². The Labute approximate surface area is 81.9 Å². The summed E-state index contributed by atoms with van der Waals surface area (Å²) < 4.78 is 0. The Balaban J connectivity index is 2.58. The molecule has 1 saturated carbocycles. The molecule has 0 aromatic rings. The van der Waals surface area contributed by atoms with Crippen LogP contribution in [0.3, 0.4) is 0 Å². The van der Waals surface area contributed by atoms with Gasteiger partial charge in [0.2, 0.25) is 0 Å². The lowest BCUT2D eigenvalue weighted by Crippen LogP contribution is -2.48. The fraction of sp³-hybridized carbons (Fsp3) is 1.00. The maximum Gasteiger partial charge on any atom is 0.118 e. The molecule has 0 aromatic heterocycles. The van der Waals surface area contributed by atoms with Crippen molar-refractivity contribution in [3.63, 3.8) is 0 Å². The highest BCUT2D eigenvalue weighted by Crippen LogP contribution is 2.29. The van der Waals surface area contributed by atoms with E-state index in [1.54, 1.807) is 0 Å². The molecule has 1 aliphatic rings. The van der Waals surface area contributed by atoms with Crippen molar-refractivity contribution in [2.24, 2.45) is 0 Å². The van der Waals surface area contributed by atoms with E-state index in [0.29, 0.717) is 0 Å². The van der Waals surface area contributed by atoms with Crippen molar-refractivity contribution in [1.29, 1.82) is 0 Å². The summed E-state index contributed by atoms with van der Waals surface area (Å²) in [5.41, 5.74) is -0.486. The Morgan fingerprint density at radius 3 is 1.85 bits per heavy atom. The predicted octanol–water partition coefficient (Wildman–Crippen LogP) is 2.37. The van der Waals surface area contributed by atoms with Gasteiger partial charge in [-0.15, -0.1) is 0 Å². The van der Waals surface area contributed by atoms with Crippen LogP contribution < -0.4 is 0 Å². The fourth-order valence-electron chi connectivity index (χ4n) is 2.42. The van der Waals surface area contributed by atoms with E-state index in [4.69, 9.17) is 0 Å². The molecule has 0 aromatic carbocycles. The molecule has 0 heterocycles. The van der Waals surface area contributed by atoms with Crippen molar-refractivity contribution in [2.75, 3.05) is 13.1 Å². The molecular weight excluding hydrogens is 162 g/mol. The zero-order valence-electron chi connectivity index (χ0n) is 9.05. The molecule has 2 heteroatoms. The van der Waals surface area contributed by atoms with Crippen molar-refractivity contribution in [3.8, 4) is 0 Å². The minimum Gasteiger partial charge on any atom is -0.376 e.